The fraction of sp³-hybridized carbons (Fsp3) is 0.304. The van der Waals surface area contributed by atoms with E-state index in [9.17, 15) is 9.59 Å². The zero-order valence-electron chi connectivity index (χ0n) is 18.8. The van der Waals surface area contributed by atoms with Crippen molar-refractivity contribution in [2.24, 2.45) is 7.05 Å². The van der Waals surface area contributed by atoms with Crippen LogP contribution in [0.3, 0.4) is 0 Å². The number of ether oxygens (including phenoxy) is 5. The Balaban J connectivity index is 1.42. The number of hydrogen-bond donors (Lipinski definition) is 2. The zero-order valence-corrected chi connectivity index (χ0v) is 18.8. The van der Waals surface area contributed by atoms with Gasteiger partial charge in [-0.15, -0.1) is 0 Å². The van der Waals surface area contributed by atoms with Crippen LogP contribution in [0.5, 0.6) is 28.7 Å². The highest BCUT2D eigenvalue weighted by Crippen LogP contribution is 2.44. The molecule has 0 aliphatic carbocycles. The molecule has 1 aliphatic heterocycles. The first-order chi connectivity index (χ1) is 16.0. The quantitative estimate of drug-likeness (QED) is 0.538. The van der Waals surface area contributed by atoms with Gasteiger partial charge in [0.15, 0.2) is 23.0 Å². The van der Waals surface area contributed by atoms with Gasteiger partial charge in [0, 0.05) is 37.2 Å². The Morgan fingerprint density at radius 3 is 2.48 bits per heavy atom. The molecule has 0 unspecified atom stereocenters. The van der Waals surface area contributed by atoms with Gasteiger partial charge in [0.2, 0.25) is 18.4 Å². The molecular weight excluding hydrogens is 430 g/mol. The van der Waals surface area contributed by atoms with E-state index in [4.69, 9.17) is 23.7 Å². The van der Waals surface area contributed by atoms with E-state index in [1.54, 1.807) is 41.9 Å². The number of fused-ring (bicyclic) bond motifs is 2. The molecule has 2 heterocycles. The predicted molar refractivity (Wildman–Crippen MR) is 121 cm³/mol. The largest absolute Gasteiger partial charge is 0.493 e. The van der Waals surface area contributed by atoms with E-state index in [-0.39, 0.29) is 31.6 Å². The van der Waals surface area contributed by atoms with Crippen molar-refractivity contribution in [3.8, 4) is 28.7 Å². The van der Waals surface area contributed by atoms with Gasteiger partial charge in [0.1, 0.15) is 5.69 Å². The molecule has 0 saturated carbocycles. The summed E-state index contributed by atoms with van der Waals surface area (Å²) in [4.78, 5) is 25.1. The average Bonchev–Trinajstić information content (AvgIpc) is 3.41. The molecule has 0 spiro atoms. The maximum absolute atomic E-state index is 12.8. The van der Waals surface area contributed by atoms with Crippen molar-refractivity contribution in [2.45, 2.75) is 6.42 Å². The minimum absolute atomic E-state index is 0.106. The van der Waals surface area contributed by atoms with Gasteiger partial charge in [-0.1, -0.05) is 0 Å². The van der Waals surface area contributed by atoms with E-state index in [0.717, 1.165) is 5.39 Å². The van der Waals surface area contributed by atoms with Crippen molar-refractivity contribution in [1.29, 1.82) is 0 Å². The van der Waals surface area contributed by atoms with Crippen molar-refractivity contribution in [3.63, 3.8) is 0 Å². The second-order valence-corrected chi connectivity index (χ2v) is 7.29. The van der Waals surface area contributed by atoms with Gasteiger partial charge in [-0.05, 0) is 24.3 Å². The lowest BCUT2D eigenvalue weighted by molar-refractivity contribution is -0.116. The van der Waals surface area contributed by atoms with Crippen molar-refractivity contribution < 1.29 is 33.3 Å². The van der Waals surface area contributed by atoms with Crippen LogP contribution in [0.4, 0.5) is 5.69 Å². The normalized spacial score (nSPS) is 11.9. The van der Waals surface area contributed by atoms with Crippen LogP contribution in [0, 0.1) is 0 Å². The van der Waals surface area contributed by atoms with Crippen LogP contribution in [-0.2, 0) is 11.8 Å². The fourth-order valence-corrected chi connectivity index (χ4v) is 3.78. The molecule has 174 valence electrons. The highest BCUT2D eigenvalue weighted by Gasteiger charge is 2.22. The highest BCUT2D eigenvalue weighted by molar-refractivity contribution is 6.02. The molecule has 0 bridgehead atoms. The first-order valence-corrected chi connectivity index (χ1v) is 10.2. The van der Waals surface area contributed by atoms with E-state index in [2.05, 4.69) is 10.6 Å². The molecule has 2 amide bonds. The minimum atomic E-state index is -0.315. The maximum atomic E-state index is 12.8. The van der Waals surface area contributed by atoms with Gasteiger partial charge in [-0.25, -0.2) is 0 Å². The van der Waals surface area contributed by atoms with Crippen LogP contribution in [0.15, 0.2) is 30.3 Å². The van der Waals surface area contributed by atoms with Crippen molar-refractivity contribution >= 4 is 28.4 Å². The maximum Gasteiger partial charge on any atom is 0.267 e. The smallest absolute Gasteiger partial charge is 0.267 e. The van der Waals surface area contributed by atoms with Crippen LogP contribution >= 0.6 is 0 Å². The molecule has 33 heavy (non-hydrogen) atoms. The summed E-state index contributed by atoms with van der Waals surface area (Å²) in [5.74, 6) is 2.09. The third-order valence-electron chi connectivity index (χ3n) is 5.35. The summed E-state index contributed by atoms with van der Waals surface area (Å²) in [5, 5.41) is 6.33. The second-order valence-electron chi connectivity index (χ2n) is 7.29. The topological polar surface area (TPSA) is 109 Å². The predicted octanol–water partition coefficient (Wildman–Crippen LogP) is 2.69. The van der Waals surface area contributed by atoms with E-state index >= 15 is 0 Å². The molecule has 2 aromatic carbocycles. The number of nitrogens with zero attached hydrogens (tertiary/aromatic N) is 1. The van der Waals surface area contributed by atoms with E-state index in [1.807, 2.05) is 0 Å². The number of rotatable bonds is 8. The first-order valence-electron chi connectivity index (χ1n) is 10.2. The van der Waals surface area contributed by atoms with Crippen LogP contribution in [-0.4, -0.2) is 51.0 Å². The van der Waals surface area contributed by atoms with Gasteiger partial charge >= 0.3 is 0 Å². The SMILES string of the molecule is COc1cc2cc(C(=O)NCCC(=O)Nc3ccc4c(c3)OCO4)n(C)c2c(OC)c1OC. The molecule has 3 aromatic rings. The van der Waals surface area contributed by atoms with Crippen molar-refractivity contribution in [3.05, 3.63) is 36.0 Å². The third kappa shape index (κ3) is 4.19. The van der Waals surface area contributed by atoms with Gasteiger partial charge < -0.3 is 38.9 Å². The molecule has 0 saturated heterocycles. The van der Waals surface area contributed by atoms with Crippen LogP contribution in [0.2, 0.25) is 0 Å². The number of aromatic nitrogens is 1. The van der Waals surface area contributed by atoms with Gasteiger partial charge in [-0.3, -0.25) is 9.59 Å². The number of anilines is 1. The van der Waals surface area contributed by atoms with Crippen LogP contribution in [0.1, 0.15) is 16.9 Å². The Hall–Kier alpha value is -4.08. The fourth-order valence-electron chi connectivity index (χ4n) is 3.78. The third-order valence-corrected chi connectivity index (χ3v) is 5.35. The Kier molecular flexibility index (Phi) is 6.16. The molecule has 0 fully saturated rings. The zero-order chi connectivity index (χ0) is 23.5. The minimum Gasteiger partial charge on any atom is -0.493 e. The lowest BCUT2D eigenvalue weighted by Gasteiger charge is -2.14. The summed E-state index contributed by atoms with van der Waals surface area (Å²) in [5.41, 5.74) is 1.70. The Labute approximate surface area is 190 Å². The first kappa shape index (κ1) is 22.1. The Bertz CT molecular complexity index is 1220. The lowest BCUT2D eigenvalue weighted by atomic mass is 10.2. The van der Waals surface area contributed by atoms with E-state index in [1.165, 1.54) is 21.3 Å². The molecule has 10 nitrogen and oxygen atoms in total. The Morgan fingerprint density at radius 1 is 1.00 bits per heavy atom. The molecule has 0 atom stereocenters. The lowest BCUT2D eigenvalue weighted by Crippen LogP contribution is -2.29. The van der Waals surface area contributed by atoms with Crippen LogP contribution in [0.25, 0.3) is 10.9 Å². The molecular formula is C23H25N3O7. The second kappa shape index (κ2) is 9.19. The van der Waals surface area contributed by atoms with Crippen LogP contribution < -0.4 is 34.3 Å². The van der Waals surface area contributed by atoms with E-state index < -0.39 is 0 Å². The number of methoxy groups -OCH3 is 3. The number of amides is 2. The van der Waals surface area contributed by atoms with E-state index in [0.29, 0.717) is 45.6 Å². The number of nitrogens with one attached hydrogen (secondary N) is 2. The van der Waals surface area contributed by atoms with Gasteiger partial charge in [0.05, 0.1) is 26.8 Å². The molecule has 1 aromatic heterocycles. The highest BCUT2D eigenvalue weighted by atomic mass is 16.7. The van der Waals surface area contributed by atoms with Gasteiger partial charge in [-0.2, -0.15) is 0 Å². The summed E-state index contributed by atoms with van der Waals surface area (Å²) in [7, 11) is 6.35. The number of carbonyl (C=O) groups excluding carboxylic acids is 2. The number of hydrogen-bond acceptors (Lipinski definition) is 7. The molecule has 4 rings (SSSR count). The summed E-state index contributed by atoms with van der Waals surface area (Å²) in [6.45, 7) is 0.332. The van der Waals surface area contributed by atoms with Gasteiger partial charge in [0.25, 0.3) is 5.91 Å². The number of benzene rings is 2. The van der Waals surface area contributed by atoms with Crippen molar-refractivity contribution in [2.75, 3.05) is 40.0 Å². The standard InChI is InChI=1S/C23H25N3O7/c1-26-15(9-13-10-18(29-2)21(30-3)22(31-4)20(13)26)23(28)24-8-7-19(27)25-14-5-6-16-17(11-14)33-12-32-16/h5-6,9-11H,7-8,12H2,1-4H3,(H,24,28)(H,25,27). The Morgan fingerprint density at radius 2 is 1.76 bits per heavy atom. The monoisotopic (exact) mass is 455 g/mol. The summed E-state index contributed by atoms with van der Waals surface area (Å²) in [6.07, 6.45) is 0.106. The molecule has 10 heteroatoms. The summed E-state index contributed by atoms with van der Waals surface area (Å²) >= 11 is 0. The molecule has 0 radical (unpaired) electrons. The summed E-state index contributed by atoms with van der Waals surface area (Å²) in [6, 6.07) is 8.69. The number of aryl methyl sites for hydroxylation is 1. The molecule has 1 aliphatic rings. The van der Waals surface area contributed by atoms with Crippen molar-refractivity contribution in [1.82, 2.24) is 9.88 Å². The average molecular weight is 455 g/mol. The molecule has 2 N–H and O–H groups in total. The number of carbonyl (C=O) groups is 2. The summed E-state index contributed by atoms with van der Waals surface area (Å²) < 4.78 is 28.6.